The summed E-state index contributed by atoms with van der Waals surface area (Å²) in [6.07, 6.45) is 7.14. The molecule has 4 unspecified atom stereocenters. The van der Waals surface area contributed by atoms with Gasteiger partial charge >= 0.3 is 5.97 Å². The van der Waals surface area contributed by atoms with Gasteiger partial charge in [0.2, 0.25) is 11.5 Å². The lowest BCUT2D eigenvalue weighted by Crippen LogP contribution is -3.00. The Labute approximate surface area is 432 Å². The van der Waals surface area contributed by atoms with Crippen molar-refractivity contribution in [3.63, 3.8) is 0 Å². The highest BCUT2D eigenvalue weighted by molar-refractivity contribution is 5.95. The highest BCUT2D eigenvalue weighted by Gasteiger charge is 2.42. The third kappa shape index (κ3) is 13.0. The fourth-order valence-electron chi connectivity index (χ4n) is 10.3. The van der Waals surface area contributed by atoms with E-state index in [2.05, 4.69) is 38.4 Å². The van der Waals surface area contributed by atoms with Crippen LogP contribution in [0.3, 0.4) is 0 Å². The SMILES string of the molecule is COc1cc2c(cc1OC)C(Cc1cc(OC)c(OC)c(OC)c1)[N+](C)(CCCOC(=O)/C=C\C(=O)CCC[N+]1(C)CCc3cc(OC)c(OC)cc3C1Cc1cc(OC)c(OC)c(OC)c1)CC2.[Cl-].[Cl-]. The van der Waals surface area contributed by atoms with Crippen LogP contribution in [0, 0.1) is 0 Å². The molecule has 2 aliphatic rings. The third-order valence-corrected chi connectivity index (χ3v) is 14.2. The first kappa shape index (κ1) is 57.8. The fraction of sp³-hybridized carbons (Fsp3) is 0.481. The highest BCUT2D eigenvalue weighted by Crippen LogP contribution is 2.47. The maximum Gasteiger partial charge on any atom is 0.330 e. The number of rotatable bonds is 24. The predicted molar refractivity (Wildman–Crippen MR) is 262 cm³/mol. The van der Waals surface area contributed by atoms with Crippen LogP contribution in [0.25, 0.3) is 0 Å². The summed E-state index contributed by atoms with van der Waals surface area (Å²) >= 11 is 0. The topological polar surface area (TPSA) is 136 Å². The molecule has 0 bridgehead atoms. The number of quaternary nitrogens is 2. The van der Waals surface area contributed by atoms with E-state index in [1.165, 1.54) is 34.4 Å². The Kier molecular flexibility index (Phi) is 21.3. The number of hydrogen-bond acceptors (Lipinski definition) is 13. The first-order valence-electron chi connectivity index (χ1n) is 23.4. The van der Waals surface area contributed by atoms with E-state index in [9.17, 15) is 9.59 Å². The average Bonchev–Trinajstić information content (AvgIpc) is 3.37. The molecule has 4 aromatic rings. The number of likely N-dealkylation sites (N-methyl/N-ethyl adjacent to an activating group) is 2. The number of benzene rings is 4. The number of methoxy groups -OCH3 is 10. The number of allylic oxidation sites excluding steroid dienone is 1. The molecule has 0 N–H and O–H groups in total. The molecule has 4 atom stereocenters. The minimum Gasteiger partial charge on any atom is -1.00 e. The van der Waals surface area contributed by atoms with Gasteiger partial charge in [0, 0.05) is 62.1 Å². The normalized spacial score (nSPS) is 18.9. The lowest BCUT2D eigenvalue weighted by molar-refractivity contribution is -0.941. The Morgan fingerprint density at radius 1 is 0.493 bits per heavy atom. The standard InChI is InChI=1S/C54H72N2O13.2ClH/c1-55(22-18-37-31-44(59-3)46(61-5)33-40(37)42(55)25-35-27-48(63-7)53(67-11)49(28-35)64-8)20-13-15-39(57)16-17-52(58)69-24-14-21-56(2)23-19-38-32-45(60-4)47(62-6)34-41(38)43(56)26-36-29-50(65-9)54(68-12)51(30-36)66-10;;/h16-17,27-34,42-43H,13-15,18-26H2,1-12H3;2*1H/q+2;;/p-2/b17-16-;;. The second kappa shape index (κ2) is 26.1. The molecule has 17 heteroatoms. The van der Waals surface area contributed by atoms with Gasteiger partial charge in [0.05, 0.1) is 118 Å². The molecule has 71 heavy (non-hydrogen) atoms. The van der Waals surface area contributed by atoms with Gasteiger partial charge in [0.15, 0.2) is 51.8 Å². The molecule has 15 nitrogen and oxygen atoms in total. The van der Waals surface area contributed by atoms with Gasteiger partial charge in [-0.1, -0.05) is 0 Å². The molecule has 0 saturated heterocycles. The van der Waals surface area contributed by atoms with Crippen molar-refractivity contribution in [3.05, 3.63) is 94.1 Å². The Bertz CT molecular complexity index is 2430. The lowest BCUT2D eigenvalue weighted by atomic mass is 9.86. The van der Waals surface area contributed by atoms with E-state index in [4.69, 9.17) is 52.1 Å². The molecule has 0 aliphatic carbocycles. The minimum absolute atomic E-state index is 0. The number of ketones is 1. The Morgan fingerprint density at radius 3 is 1.23 bits per heavy atom. The summed E-state index contributed by atoms with van der Waals surface area (Å²) in [5.74, 6) is 5.49. The van der Waals surface area contributed by atoms with Gasteiger partial charge in [-0.05, 0) is 76.9 Å². The summed E-state index contributed by atoms with van der Waals surface area (Å²) in [5, 5.41) is 0. The maximum atomic E-state index is 13.3. The van der Waals surface area contributed by atoms with E-state index < -0.39 is 5.97 Å². The van der Waals surface area contributed by atoms with Crippen LogP contribution in [-0.2, 0) is 40.0 Å². The molecule has 0 radical (unpaired) electrons. The van der Waals surface area contributed by atoms with Crippen molar-refractivity contribution in [2.45, 2.75) is 57.0 Å². The van der Waals surface area contributed by atoms with Crippen LogP contribution in [-0.4, -0.2) is 139 Å². The van der Waals surface area contributed by atoms with Gasteiger partial charge in [-0.2, -0.15) is 0 Å². The number of nitrogens with zero attached hydrogens (tertiary/aromatic N) is 2. The molecule has 0 fully saturated rings. The van der Waals surface area contributed by atoms with Crippen LogP contribution in [0.4, 0.5) is 0 Å². The van der Waals surface area contributed by atoms with E-state index in [1.807, 2.05) is 24.3 Å². The van der Waals surface area contributed by atoms with Crippen LogP contribution in [0.15, 0.2) is 60.7 Å². The lowest BCUT2D eigenvalue weighted by Gasteiger charge is -2.46. The van der Waals surface area contributed by atoms with Gasteiger partial charge in [0.25, 0.3) is 0 Å². The molecule has 0 spiro atoms. The second-order valence-electron chi connectivity index (χ2n) is 18.1. The number of carbonyl (C=O) groups excluding carboxylic acids is 2. The highest BCUT2D eigenvalue weighted by atomic mass is 35.5. The summed E-state index contributed by atoms with van der Waals surface area (Å²) in [4.78, 5) is 26.3. The van der Waals surface area contributed by atoms with E-state index in [-0.39, 0.29) is 55.7 Å². The Hall–Kier alpha value is -5.74. The van der Waals surface area contributed by atoms with Crippen LogP contribution in [0.2, 0.25) is 0 Å². The van der Waals surface area contributed by atoms with Crippen LogP contribution in [0.5, 0.6) is 57.5 Å². The Morgan fingerprint density at radius 2 is 0.859 bits per heavy atom. The quantitative estimate of drug-likeness (QED) is 0.0439. The van der Waals surface area contributed by atoms with Crippen molar-refractivity contribution in [2.24, 2.45) is 0 Å². The fourth-order valence-corrected chi connectivity index (χ4v) is 10.3. The van der Waals surface area contributed by atoms with Crippen molar-refractivity contribution < 1.29 is 95.5 Å². The molecule has 4 aromatic carbocycles. The van der Waals surface area contributed by atoms with Crippen LogP contribution in [0.1, 0.15) is 64.7 Å². The second-order valence-corrected chi connectivity index (χ2v) is 18.1. The van der Waals surface area contributed by atoms with E-state index in [1.54, 1.807) is 71.1 Å². The van der Waals surface area contributed by atoms with E-state index >= 15 is 0 Å². The zero-order valence-electron chi connectivity index (χ0n) is 43.4. The molecule has 2 heterocycles. The molecule has 390 valence electrons. The van der Waals surface area contributed by atoms with Gasteiger partial charge in [-0.25, -0.2) is 4.79 Å². The van der Waals surface area contributed by atoms with Crippen molar-refractivity contribution in [3.8, 4) is 57.5 Å². The monoisotopic (exact) mass is 1030 g/mol. The summed E-state index contributed by atoms with van der Waals surface area (Å²) < 4.78 is 64.0. The van der Waals surface area contributed by atoms with Crippen LogP contribution < -0.4 is 72.2 Å². The van der Waals surface area contributed by atoms with Gasteiger partial charge in [-0.3, -0.25) is 4.79 Å². The largest absolute Gasteiger partial charge is 1.00 e. The zero-order valence-corrected chi connectivity index (χ0v) is 44.9. The smallest absolute Gasteiger partial charge is 0.330 e. The molecule has 0 saturated carbocycles. The van der Waals surface area contributed by atoms with Crippen molar-refractivity contribution in [2.75, 3.05) is 118 Å². The number of fused-ring (bicyclic) bond motifs is 2. The predicted octanol–water partition coefficient (Wildman–Crippen LogP) is 1.89. The van der Waals surface area contributed by atoms with Gasteiger partial charge < -0.3 is 85.9 Å². The number of esters is 1. The number of halogens is 2. The summed E-state index contributed by atoms with van der Waals surface area (Å²) in [5.41, 5.74) is 6.79. The molecule has 6 rings (SSSR count). The third-order valence-electron chi connectivity index (χ3n) is 14.2. The number of carbonyl (C=O) groups is 2. The zero-order chi connectivity index (χ0) is 49.9. The summed E-state index contributed by atoms with van der Waals surface area (Å²) in [6.45, 7) is 3.39. The van der Waals surface area contributed by atoms with Crippen LogP contribution >= 0.6 is 0 Å². The minimum atomic E-state index is -0.540. The first-order valence-corrected chi connectivity index (χ1v) is 23.4. The Balaban J connectivity index is 0.00000548. The number of ether oxygens (including phenoxy) is 11. The average molecular weight is 1030 g/mol. The molecule has 2 aliphatic heterocycles. The first-order chi connectivity index (χ1) is 33.2. The van der Waals surface area contributed by atoms with Crippen molar-refractivity contribution >= 4 is 11.8 Å². The molecule has 0 aromatic heterocycles. The number of hydrogen-bond donors (Lipinski definition) is 0. The van der Waals surface area contributed by atoms with Gasteiger partial charge in [-0.15, -0.1) is 0 Å². The summed E-state index contributed by atoms with van der Waals surface area (Å²) in [6, 6.07) is 16.3. The molecule has 0 amide bonds. The summed E-state index contributed by atoms with van der Waals surface area (Å²) in [7, 11) is 20.7. The van der Waals surface area contributed by atoms with Gasteiger partial charge in [0.1, 0.15) is 12.1 Å². The van der Waals surface area contributed by atoms with E-state index in [0.29, 0.717) is 92.1 Å². The van der Waals surface area contributed by atoms with Crippen molar-refractivity contribution in [1.82, 2.24) is 0 Å². The molecular formula is C54H72Cl2N2O13. The maximum absolute atomic E-state index is 13.3. The van der Waals surface area contributed by atoms with Crippen molar-refractivity contribution in [1.29, 1.82) is 0 Å². The molecular weight excluding hydrogens is 956 g/mol. The van der Waals surface area contributed by atoms with E-state index in [0.717, 1.165) is 50.1 Å².